The van der Waals surface area contributed by atoms with Crippen LogP contribution in [0.15, 0.2) is 24.3 Å². The third-order valence-electron chi connectivity index (χ3n) is 3.34. The number of rotatable bonds is 5. The molecule has 0 saturated carbocycles. The fraction of sp³-hybridized carbons (Fsp3) is 0.429. The van der Waals surface area contributed by atoms with E-state index in [1.807, 2.05) is 19.1 Å². The molecule has 0 radical (unpaired) electrons. The third kappa shape index (κ3) is 2.53. The maximum atomic E-state index is 11.0. The van der Waals surface area contributed by atoms with E-state index in [2.05, 4.69) is 23.6 Å². The Kier molecular flexibility index (Phi) is 3.97. The van der Waals surface area contributed by atoms with Crippen LogP contribution in [0.2, 0.25) is 0 Å². The molecule has 0 fully saturated rings. The van der Waals surface area contributed by atoms with E-state index in [0.29, 0.717) is 12.8 Å². The van der Waals surface area contributed by atoms with Crippen LogP contribution in [0.1, 0.15) is 24.8 Å². The van der Waals surface area contributed by atoms with Crippen molar-refractivity contribution in [3.8, 4) is 0 Å². The zero-order chi connectivity index (χ0) is 13.1. The first-order valence-corrected chi connectivity index (χ1v) is 7.06. The molecule has 96 valence electrons. The summed E-state index contributed by atoms with van der Waals surface area (Å²) in [5.74, 6) is -0.925. The molecule has 2 rings (SSSR count). The predicted octanol–water partition coefficient (Wildman–Crippen LogP) is 3.00. The van der Waals surface area contributed by atoms with Crippen molar-refractivity contribution in [3.63, 3.8) is 0 Å². The summed E-state index contributed by atoms with van der Waals surface area (Å²) in [7, 11) is 0. The van der Waals surface area contributed by atoms with Crippen LogP contribution in [0, 0.1) is 12.8 Å². The highest BCUT2D eigenvalue weighted by molar-refractivity contribution is 7.18. The number of para-hydroxylation sites is 1. The van der Waals surface area contributed by atoms with Crippen LogP contribution in [0.5, 0.6) is 0 Å². The van der Waals surface area contributed by atoms with Gasteiger partial charge in [0.15, 0.2) is 6.54 Å². The van der Waals surface area contributed by atoms with E-state index in [9.17, 15) is 4.79 Å². The van der Waals surface area contributed by atoms with Gasteiger partial charge < -0.3 is 5.11 Å². The molecule has 1 aromatic heterocycles. The Labute approximate surface area is 111 Å². The summed E-state index contributed by atoms with van der Waals surface area (Å²) in [6, 6.07) is 8.27. The van der Waals surface area contributed by atoms with Crippen molar-refractivity contribution in [3.05, 3.63) is 29.3 Å². The van der Waals surface area contributed by atoms with Crippen LogP contribution in [-0.2, 0) is 11.3 Å². The molecule has 1 aromatic carbocycles. The fourth-order valence-corrected chi connectivity index (χ4v) is 3.26. The van der Waals surface area contributed by atoms with Crippen molar-refractivity contribution in [2.75, 3.05) is 0 Å². The van der Waals surface area contributed by atoms with Crippen LogP contribution < -0.4 is 4.57 Å². The highest BCUT2D eigenvalue weighted by atomic mass is 32.1. The molecule has 0 saturated heterocycles. The van der Waals surface area contributed by atoms with E-state index in [0.717, 1.165) is 6.54 Å². The number of hydrogen-bond donors (Lipinski definition) is 1. The van der Waals surface area contributed by atoms with Gasteiger partial charge in [-0.25, -0.2) is 0 Å². The summed E-state index contributed by atoms with van der Waals surface area (Å²) in [6.45, 7) is 4.80. The van der Waals surface area contributed by atoms with E-state index < -0.39 is 5.97 Å². The number of fused-ring (bicyclic) bond motifs is 1. The molecule has 3 nitrogen and oxygen atoms in total. The maximum Gasteiger partial charge on any atom is 0.306 e. The van der Waals surface area contributed by atoms with Crippen LogP contribution in [0.3, 0.4) is 0 Å². The molecular weight excluding hydrogens is 246 g/mol. The number of carboxylic acids is 1. The summed E-state index contributed by atoms with van der Waals surface area (Å²) >= 11 is 1.76. The summed E-state index contributed by atoms with van der Waals surface area (Å²) in [4.78, 5) is 11.0. The zero-order valence-electron chi connectivity index (χ0n) is 10.7. The van der Waals surface area contributed by atoms with E-state index in [-0.39, 0.29) is 5.92 Å². The highest BCUT2D eigenvalue weighted by Crippen LogP contribution is 2.20. The standard InChI is InChI=1S/C14H17NO2S/c1-3-11(14(16)17)8-9-15-10(2)18-13-7-5-4-6-12(13)15/h4-7,11H,3,8-9H2,1-2H3/p+1. The van der Waals surface area contributed by atoms with E-state index in [4.69, 9.17) is 5.11 Å². The molecular formula is C14H18NO2S+. The Balaban J connectivity index is 2.21. The molecule has 0 aliphatic rings. The first kappa shape index (κ1) is 13.0. The van der Waals surface area contributed by atoms with Crippen LogP contribution in [0.4, 0.5) is 0 Å². The monoisotopic (exact) mass is 264 g/mol. The summed E-state index contributed by atoms with van der Waals surface area (Å²) in [6.07, 6.45) is 1.38. The number of aryl methyl sites for hydroxylation is 2. The number of aromatic nitrogens is 1. The van der Waals surface area contributed by atoms with Gasteiger partial charge in [-0.3, -0.25) is 4.79 Å². The summed E-state index contributed by atoms with van der Waals surface area (Å²) in [5, 5.41) is 10.3. The second-order valence-corrected chi connectivity index (χ2v) is 5.71. The Bertz CT molecular complexity index is 562. The lowest BCUT2D eigenvalue weighted by atomic mass is 10.0. The molecule has 2 aromatic rings. The topological polar surface area (TPSA) is 41.2 Å². The first-order valence-electron chi connectivity index (χ1n) is 6.24. The smallest absolute Gasteiger partial charge is 0.306 e. The molecule has 1 unspecified atom stereocenters. The number of carboxylic acid groups (broad SMARTS) is 1. The maximum absolute atomic E-state index is 11.0. The Morgan fingerprint density at radius 3 is 2.83 bits per heavy atom. The van der Waals surface area contributed by atoms with Gasteiger partial charge in [0.2, 0.25) is 10.5 Å². The SMILES string of the molecule is CCC(CC[n+]1c(C)sc2ccccc21)C(=O)O. The van der Waals surface area contributed by atoms with Crippen molar-refractivity contribution < 1.29 is 14.5 Å². The van der Waals surface area contributed by atoms with Gasteiger partial charge in [-0.05, 0) is 12.5 Å². The second kappa shape index (κ2) is 5.48. The Hall–Kier alpha value is -1.42. The molecule has 18 heavy (non-hydrogen) atoms. The normalized spacial score (nSPS) is 12.8. The number of hydrogen-bond acceptors (Lipinski definition) is 2. The van der Waals surface area contributed by atoms with Gasteiger partial charge in [0, 0.05) is 19.4 Å². The second-order valence-electron chi connectivity index (χ2n) is 4.47. The third-order valence-corrected chi connectivity index (χ3v) is 4.42. The van der Waals surface area contributed by atoms with Crippen LogP contribution in [0.25, 0.3) is 10.2 Å². The average Bonchev–Trinajstić information content (AvgIpc) is 2.66. The molecule has 1 N–H and O–H groups in total. The minimum atomic E-state index is -0.685. The number of carbonyl (C=O) groups is 1. The lowest BCUT2D eigenvalue weighted by Crippen LogP contribution is -2.36. The van der Waals surface area contributed by atoms with E-state index >= 15 is 0 Å². The van der Waals surface area contributed by atoms with Gasteiger partial charge in [-0.15, -0.1) is 0 Å². The molecule has 0 aliphatic carbocycles. The fourth-order valence-electron chi connectivity index (χ4n) is 2.22. The number of nitrogens with zero attached hydrogens (tertiary/aromatic N) is 1. The van der Waals surface area contributed by atoms with Crippen molar-refractivity contribution >= 4 is 27.5 Å². The van der Waals surface area contributed by atoms with Crippen molar-refractivity contribution in [2.45, 2.75) is 33.2 Å². The zero-order valence-corrected chi connectivity index (χ0v) is 11.5. The number of benzene rings is 1. The van der Waals surface area contributed by atoms with Crippen molar-refractivity contribution in [1.29, 1.82) is 0 Å². The van der Waals surface area contributed by atoms with Gasteiger partial charge in [-0.1, -0.05) is 30.4 Å². The predicted molar refractivity (Wildman–Crippen MR) is 72.8 cm³/mol. The van der Waals surface area contributed by atoms with Crippen LogP contribution in [-0.4, -0.2) is 11.1 Å². The minimum absolute atomic E-state index is 0.240. The van der Waals surface area contributed by atoms with Gasteiger partial charge in [-0.2, -0.15) is 4.57 Å². The van der Waals surface area contributed by atoms with Gasteiger partial charge in [0.1, 0.15) is 4.70 Å². The van der Waals surface area contributed by atoms with Crippen molar-refractivity contribution in [2.24, 2.45) is 5.92 Å². The highest BCUT2D eigenvalue weighted by Gasteiger charge is 2.21. The summed E-state index contributed by atoms with van der Waals surface area (Å²) < 4.78 is 3.49. The molecule has 0 spiro atoms. The Morgan fingerprint density at radius 1 is 1.44 bits per heavy atom. The molecule has 0 amide bonds. The quantitative estimate of drug-likeness (QED) is 0.843. The van der Waals surface area contributed by atoms with E-state index in [1.165, 1.54) is 15.2 Å². The van der Waals surface area contributed by atoms with Gasteiger partial charge in [0.05, 0.1) is 5.92 Å². The van der Waals surface area contributed by atoms with Crippen LogP contribution >= 0.6 is 11.3 Å². The molecule has 0 bridgehead atoms. The number of aliphatic carboxylic acids is 1. The molecule has 0 aliphatic heterocycles. The average molecular weight is 264 g/mol. The Morgan fingerprint density at radius 2 is 2.17 bits per heavy atom. The van der Waals surface area contributed by atoms with Gasteiger partial charge >= 0.3 is 5.97 Å². The van der Waals surface area contributed by atoms with Gasteiger partial charge in [0.25, 0.3) is 0 Å². The summed E-state index contributed by atoms with van der Waals surface area (Å²) in [5.41, 5.74) is 1.21. The minimum Gasteiger partial charge on any atom is -0.481 e. The molecule has 1 heterocycles. The first-order chi connectivity index (χ1) is 8.63. The largest absolute Gasteiger partial charge is 0.481 e. The lowest BCUT2D eigenvalue weighted by Gasteiger charge is -2.06. The molecule has 1 atom stereocenters. The molecule has 4 heteroatoms. The lowest BCUT2D eigenvalue weighted by molar-refractivity contribution is -0.674. The van der Waals surface area contributed by atoms with Crippen molar-refractivity contribution in [1.82, 2.24) is 0 Å². The van der Waals surface area contributed by atoms with E-state index in [1.54, 1.807) is 11.3 Å². The number of thiazole rings is 1.